The summed E-state index contributed by atoms with van der Waals surface area (Å²) < 4.78 is 35.8. The first-order valence-electron chi connectivity index (χ1n) is 22.0. The fourth-order valence-electron chi connectivity index (χ4n) is 6.74. The van der Waals surface area contributed by atoms with E-state index in [1.54, 1.807) is 0 Å². The number of aliphatic hydroxyl groups is 14. The molecule has 3 saturated heterocycles. The smallest absolute Gasteiger partial charge is 0.512 e. The third-order valence-corrected chi connectivity index (χ3v) is 10.8. The summed E-state index contributed by atoms with van der Waals surface area (Å²) in [6.45, 7) is 5.99. The fourth-order valence-corrected chi connectivity index (χ4v) is 6.74. The molecule has 0 amide bonds. The Hall–Kier alpha value is -0.405. The molecule has 9 unspecified atom stereocenters. The molecule has 20 N–H and O–H groups in total. The number of nitrogens with zero attached hydrogens (tertiary/aromatic N) is 1. The summed E-state index contributed by atoms with van der Waals surface area (Å²) in [4.78, 5) is 0. The van der Waals surface area contributed by atoms with Crippen LogP contribution in [0.5, 0.6) is 0 Å². The van der Waals surface area contributed by atoms with Gasteiger partial charge in [0, 0.05) is 22.6 Å². The van der Waals surface area contributed by atoms with E-state index in [0.29, 0.717) is 13.0 Å². The molecule has 3 radical (unpaired) electrons. The van der Waals surface area contributed by atoms with Gasteiger partial charge in [0.25, 0.3) is 0 Å². The van der Waals surface area contributed by atoms with E-state index in [9.17, 15) is 71.5 Å². The minimum absolute atomic E-state index is 0. The number of methoxy groups -OCH3 is 2. The molecular weight excluding hydrogens is 906 g/mol. The SMILES string of the molecule is COCC1O[C@H](OCC(O)[C@@H](O)[C@H](O)C(O)CCCCCCCCN)C(O)[C@@H](O)[C@@H]1O.COCC1O[C@H](OCC2OC(O)C(O)[C@@H](O)[C@@H]2O)C(O)[C@@H](O)[C@@H]1O.NCCCCCCN.[B].[C-]#N.[Na+]. The number of ether oxygens (including phenoxy) is 7. The molecule has 3 aliphatic rings. The second-order valence-electron chi connectivity index (χ2n) is 15.9. The summed E-state index contributed by atoms with van der Waals surface area (Å²) >= 11 is 0. The largest absolute Gasteiger partial charge is 1.00 e. The van der Waals surface area contributed by atoms with Gasteiger partial charge in [-0.1, -0.05) is 44.9 Å². The molecule has 3 rings (SSSR count). The van der Waals surface area contributed by atoms with Gasteiger partial charge in [0.2, 0.25) is 0 Å². The van der Waals surface area contributed by atoms with Gasteiger partial charge < -0.3 is 134 Å². The van der Waals surface area contributed by atoms with Crippen molar-refractivity contribution in [2.45, 2.75) is 187 Å². The van der Waals surface area contributed by atoms with Gasteiger partial charge in [-0.15, -0.1) is 0 Å². The van der Waals surface area contributed by atoms with Crippen molar-refractivity contribution in [3.63, 3.8) is 0 Å². The van der Waals surface area contributed by atoms with Gasteiger partial charge in [0.1, 0.15) is 91.6 Å². The molecule has 0 aromatic heterocycles. The zero-order valence-electron chi connectivity index (χ0n) is 39.1. The van der Waals surface area contributed by atoms with Crippen LogP contribution in [-0.4, -0.2) is 257 Å². The topological polar surface area (TPSA) is 450 Å². The van der Waals surface area contributed by atoms with Crippen molar-refractivity contribution < 1.29 is 134 Å². The molecule has 0 aromatic rings. The Labute approximate surface area is 417 Å². The van der Waals surface area contributed by atoms with Crippen LogP contribution in [0.4, 0.5) is 0 Å². The summed E-state index contributed by atoms with van der Waals surface area (Å²) in [5, 5.41) is 144. The molecule has 3 fully saturated rings. The quantitative estimate of drug-likeness (QED) is 0.0217. The second kappa shape index (κ2) is 41.1. The van der Waals surface area contributed by atoms with Crippen LogP contribution in [0.2, 0.25) is 0 Å². The van der Waals surface area contributed by atoms with Crippen molar-refractivity contribution in [3.8, 4) is 0 Å². The van der Waals surface area contributed by atoms with E-state index in [4.69, 9.17) is 62.2 Å². The van der Waals surface area contributed by atoms with Gasteiger partial charge in [0.15, 0.2) is 18.9 Å². The summed E-state index contributed by atoms with van der Waals surface area (Å²) in [5.74, 6) is 0. The second-order valence-corrected chi connectivity index (χ2v) is 15.9. The van der Waals surface area contributed by atoms with Crippen LogP contribution >= 0.6 is 0 Å². The van der Waals surface area contributed by atoms with Crippen LogP contribution in [0.25, 0.3) is 0 Å². The van der Waals surface area contributed by atoms with Gasteiger partial charge in [-0.2, -0.15) is 0 Å². The zero-order chi connectivity index (χ0) is 49.6. The number of aliphatic hydroxyl groups excluding tert-OH is 14. The maximum atomic E-state index is 10.1. The van der Waals surface area contributed by atoms with E-state index in [2.05, 4.69) is 0 Å². The summed E-state index contributed by atoms with van der Waals surface area (Å²) in [6, 6.07) is 0. The van der Waals surface area contributed by atoms with Crippen molar-refractivity contribution in [1.82, 2.24) is 0 Å². The monoisotopic (exact) mass is 988 g/mol. The molecule has 391 valence electrons. The van der Waals surface area contributed by atoms with Crippen molar-refractivity contribution >= 4 is 8.41 Å². The van der Waals surface area contributed by atoms with Crippen LogP contribution in [0, 0.1) is 11.8 Å². The van der Waals surface area contributed by atoms with Gasteiger partial charge in [-0.25, -0.2) is 0 Å². The Morgan fingerprint density at radius 3 is 1.21 bits per heavy atom. The zero-order valence-corrected chi connectivity index (χ0v) is 41.1. The van der Waals surface area contributed by atoms with Crippen molar-refractivity contribution in [2.75, 3.05) is 60.3 Å². The van der Waals surface area contributed by atoms with Gasteiger partial charge in [-0.3, -0.25) is 0 Å². The number of rotatable bonds is 26. The first-order chi connectivity index (χ1) is 30.9. The third-order valence-electron chi connectivity index (χ3n) is 10.8. The Balaban J connectivity index is -0.00000101. The molecule has 25 nitrogen and oxygen atoms in total. The van der Waals surface area contributed by atoms with E-state index in [1.807, 2.05) is 0 Å². The Kier molecular flexibility index (Phi) is 43.5. The molecule has 0 spiro atoms. The van der Waals surface area contributed by atoms with Crippen molar-refractivity contribution in [3.05, 3.63) is 6.57 Å². The van der Waals surface area contributed by atoms with Crippen LogP contribution in [0.3, 0.4) is 0 Å². The molecule has 0 bridgehead atoms. The Bertz CT molecular complexity index is 1170. The average Bonchev–Trinajstić information content (AvgIpc) is 3.30. The minimum atomic E-state index is -1.72. The third kappa shape index (κ3) is 25.7. The number of unbranched alkanes of at least 4 members (excludes halogenated alkanes) is 8. The van der Waals surface area contributed by atoms with Crippen molar-refractivity contribution in [2.24, 2.45) is 17.2 Å². The Morgan fingerprint density at radius 2 is 0.806 bits per heavy atom. The van der Waals surface area contributed by atoms with Crippen LogP contribution < -0.4 is 46.8 Å². The predicted octanol–water partition coefficient (Wildman–Crippen LogP) is -9.97. The molecule has 3 aliphatic heterocycles. The molecule has 27 heteroatoms. The molecule has 0 aromatic carbocycles. The number of hydrogen-bond donors (Lipinski definition) is 17. The van der Waals surface area contributed by atoms with Gasteiger partial charge in [0.05, 0.1) is 32.5 Å². The Morgan fingerprint density at radius 1 is 0.463 bits per heavy atom. The van der Waals surface area contributed by atoms with Crippen LogP contribution in [0.15, 0.2) is 0 Å². The van der Waals surface area contributed by atoms with Crippen LogP contribution in [0.1, 0.15) is 70.6 Å². The van der Waals surface area contributed by atoms with Crippen molar-refractivity contribution in [1.29, 1.82) is 5.26 Å². The first kappa shape index (κ1) is 70.8. The fraction of sp³-hybridized carbons (Fsp3) is 0.975. The number of nitrogens with two attached hydrogens (primary N) is 3. The maximum Gasteiger partial charge on any atom is 1.00 e. The molecule has 19 atom stereocenters. The molecule has 3 heterocycles. The van der Waals surface area contributed by atoms with Crippen LogP contribution in [-0.2, 0) is 33.2 Å². The molecular formula is C40H81BN4NaO21. The minimum Gasteiger partial charge on any atom is -0.512 e. The van der Waals surface area contributed by atoms with E-state index < -0.39 is 130 Å². The summed E-state index contributed by atoms with van der Waals surface area (Å²) in [6.07, 6.45) is -16.8. The van der Waals surface area contributed by atoms with E-state index in [0.717, 1.165) is 58.0 Å². The van der Waals surface area contributed by atoms with E-state index in [-0.39, 0.29) is 57.6 Å². The summed E-state index contributed by atoms with van der Waals surface area (Å²) in [7, 11) is 2.74. The molecule has 0 aliphatic carbocycles. The van der Waals surface area contributed by atoms with E-state index >= 15 is 0 Å². The average molecular weight is 988 g/mol. The number of hydrogen-bond acceptors (Lipinski definition) is 25. The molecule has 67 heavy (non-hydrogen) atoms. The van der Waals surface area contributed by atoms with Gasteiger partial charge >= 0.3 is 29.6 Å². The van der Waals surface area contributed by atoms with E-state index in [1.165, 1.54) is 27.1 Å². The standard InChI is InChI=1S/C20H41NO10.C13H24O11.C6H16N2.CN.B.Na/c1-29-11-14-17(26)18(27)19(28)20(31-14)30-10-13(23)16(25)15(24)12(22)8-6-4-2-3-5-7-9-21;1-21-2-4-6(14)9(17)11(19)13(24-4)22-3-5-7(15)8(16)10(18)12(20)23-5;7-5-3-1-2-4-6-8;1-2;;/h12-20,22-28H,2-11,21H2,1H3;4-20H,2-3H2,1H3;1-8H2;;;/q;;;-1;;+1/t12?,13?,14?,15-,16-,17-,18+,19?,20+;4?,5?,6-,7-,8+,9+,10?,11?,12?,13+;;;;/m11..../s1. The first-order valence-corrected chi connectivity index (χ1v) is 22.0. The predicted molar refractivity (Wildman–Crippen MR) is 231 cm³/mol. The maximum absolute atomic E-state index is 10.1. The normalized spacial score (nSPS) is 33.3. The van der Waals surface area contributed by atoms with Gasteiger partial charge in [-0.05, 0) is 45.3 Å². The molecule has 0 saturated carbocycles. The summed E-state index contributed by atoms with van der Waals surface area (Å²) in [5.41, 5.74) is 16.0.